The summed E-state index contributed by atoms with van der Waals surface area (Å²) >= 11 is 0. The van der Waals surface area contributed by atoms with Crippen LogP contribution in [0.15, 0.2) is 48.5 Å². The van der Waals surface area contributed by atoms with Crippen molar-refractivity contribution < 1.29 is 28.5 Å². The summed E-state index contributed by atoms with van der Waals surface area (Å²) in [6.45, 7) is 7.40. The molecule has 2 amide bonds. The van der Waals surface area contributed by atoms with E-state index < -0.39 is 0 Å². The zero-order valence-electron chi connectivity index (χ0n) is 23.0. The lowest BCUT2D eigenvalue weighted by Crippen LogP contribution is -2.11. The molecular formula is C30H44N2O6. The Kier molecular flexibility index (Phi) is 16.3. The van der Waals surface area contributed by atoms with E-state index in [2.05, 4.69) is 10.6 Å². The second-order valence-corrected chi connectivity index (χ2v) is 8.86. The predicted molar refractivity (Wildman–Crippen MR) is 151 cm³/mol. The van der Waals surface area contributed by atoms with Crippen molar-refractivity contribution in [2.75, 3.05) is 50.3 Å². The Balaban J connectivity index is 1.46. The highest BCUT2D eigenvalue weighted by atomic mass is 16.5. The Morgan fingerprint density at radius 1 is 0.553 bits per heavy atom. The Morgan fingerprint density at radius 2 is 0.921 bits per heavy atom. The van der Waals surface area contributed by atoms with Crippen LogP contribution in [-0.2, 0) is 19.1 Å². The maximum atomic E-state index is 12.2. The average Bonchev–Trinajstić information content (AvgIpc) is 2.92. The molecule has 2 rings (SSSR count). The second-order valence-electron chi connectivity index (χ2n) is 8.86. The molecule has 2 aromatic carbocycles. The van der Waals surface area contributed by atoms with E-state index in [4.69, 9.17) is 18.9 Å². The van der Waals surface area contributed by atoms with Crippen LogP contribution >= 0.6 is 0 Å². The number of benzene rings is 2. The molecule has 2 aromatic rings. The summed E-state index contributed by atoms with van der Waals surface area (Å²) in [6.07, 6.45) is 6.86. The summed E-state index contributed by atoms with van der Waals surface area (Å²) in [5.74, 6) is 1.57. The number of rotatable bonds is 21. The molecule has 0 unspecified atom stereocenters. The standard InChI is InChI=1S/C30H44N2O6/c1-3-35-21-23-37-27-17-13-25(14-18-27)31-29(33)11-9-7-5-6-8-10-12-30(34)32-26-15-19-28(20-16-26)38-24-22-36-4-2/h13-20H,3-12,21-24H2,1-2H3,(H,31,33)(H,32,34). The molecule has 0 bridgehead atoms. The second kappa shape index (κ2) is 19.9. The first kappa shape index (κ1) is 31.1. The molecule has 8 nitrogen and oxygen atoms in total. The number of anilines is 2. The number of carbonyl (C=O) groups excluding carboxylic acids is 2. The lowest BCUT2D eigenvalue weighted by molar-refractivity contribution is -0.117. The first-order chi connectivity index (χ1) is 18.6. The van der Waals surface area contributed by atoms with Gasteiger partial charge >= 0.3 is 0 Å². The fourth-order valence-corrected chi connectivity index (χ4v) is 3.72. The van der Waals surface area contributed by atoms with E-state index in [1.165, 1.54) is 0 Å². The number of unbranched alkanes of at least 4 members (excludes halogenated alkanes) is 5. The Labute approximate surface area is 227 Å². The molecule has 2 N–H and O–H groups in total. The van der Waals surface area contributed by atoms with Crippen LogP contribution in [0.4, 0.5) is 11.4 Å². The van der Waals surface area contributed by atoms with Crippen molar-refractivity contribution in [3.8, 4) is 11.5 Å². The van der Waals surface area contributed by atoms with Crippen molar-refractivity contribution in [1.82, 2.24) is 0 Å². The predicted octanol–water partition coefficient (Wildman–Crippen LogP) is 6.22. The normalized spacial score (nSPS) is 10.7. The van der Waals surface area contributed by atoms with Gasteiger partial charge < -0.3 is 29.6 Å². The maximum Gasteiger partial charge on any atom is 0.224 e. The number of ether oxygens (including phenoxy) is 4. The third-order valence-corrected chi connectivity index (χ3v) is 5.73. The molecule has 0 aliphatic carbocycles. The van der Waals surface area contributed by atoms with Crippen LogP contribution in [0.25, 0.3) is 0 Å². The van der Waals surface area contributed by atoms with Gasteiger partial charge in [-0.1, -0.05) is 25.7 Å². The molecule has 0 atom stereocenters. The van der Waals surface area contributed by atoms with Gasteiger partial charge in [-0.15, -0.1) is 0 Å². The minimum absolute atomic E-state index is 0.0248. The molecule has 0 aliphatic heterocycles. The summed E-state index contributed by atoms with van der Waals surface area (Å²) < 4.78 is 21.7. The minimum atomic E-state index is 0.0248. The quantitative estimate of drug-likeness (QED) is 0.187. The summed E-state index contributed by atoms with van der Waals surface area (Å²) in [4.78, 5) is 24.4. The molecule has 0 radical (unpaired) electrons. The fourth-order valence-electron chi connectivity index (χ4n) is 3.72. The highest BCUT2D eigenvalue weighted by Gasteiger charge is 2.05. The summed E-state index contributed by atoms with van der Waals surface area (Å²) in [5.41, 5.74) is 1.54. The summed E-state index contributed by atoms with van der Waals surface area (Å²) in [7, 11) is 0. The van der Waals surface area contributed by atoms with Gasteiger partial charge in [-0.25, -0.2) is 0 Å². The van der Waals surface area contributed by atoms with E-state index >= 15 is 0 Å². The van der Waals surface area contributed by atoms with Crippen molar-refractivity contribution in [3.63, 3.8) is 0 Å². The first-order valence-electron chi connectivity index (χ1n) is 13.8. The van der Waals surface area contributed by atoms with Crippen molar-refractivity contribution in [1.29, 1.82) is 0 Å². The average molecular weight is 529 g/mol. The Hall–Kier alpha value is -3.10. The van der Waals surface area contributed by atoms with Crippen molar-refractivity contribution >= 4 is 23.2 Å². The topological polar surface area (TPSA) is 95.1 Å². The van der Waals surface area contributed by atoms with E-state index in [-0.39, 0.29) is 11.8 Å². The molecule has 0 saturated carbocycles. The fraction of sp³-hybridized carbons (Fsp3) is 0.533. The zero-order chi connectivity index (χ0) is 27.3. The molecule has 0 heterocycles. The highest BCUT2D eigenvalue weighted by Crippen LogP contribution is 2.18. The smallest absolute Gasteiger partial charge is 0.224 e. The van der Waals surface area contributed by atoms with Crippen LogP contribution in [0.1, 0.15) is 65.2 Å². The van der Waals surface area contributed by atoms with E-state index in [1.54, 1.807) is 0 Å². The van der Waals surface area contributed by atoms with Gasteiger partial charge in [0.05, 0.1) is 13.2 Å². The van der Waals surface area contributed by atoms with E-state index in [0.29, 0.717) is 52.5 Å². The lowest BCUT2D eigenvalue weighted by Gasteiger charge is -2.09. The summed E-state index contributed by atoms with van der Waals surface area (Å²) in [6, 6.07) is 14.8. The van der Waals surface area contributed by atoms with Crippen molar-refractivity contribution in [2.45, 2.75) is 65.2 Å². The molecule has 0 fully saturated rings. The summed E-state index contributed by atoms with van der Waals surface area (Å²) in [5, 5.41) is 5.86. The molecule has 0 aromatic heterocycles. The molecular weight excluding hydrogens is 484 g/mol. The largest absolute Gasteiger partial charge is 0.491 e. The number of amides is 2. The van der Waals surface area contributed by atoms with E-state index in [1.807, 2.05) is 62.4 Å². The number of hydrogen-bond acceptors (Lipinski definition) is 6. The van der Waals surface area contributed by atoms with Gasteiger partial charge in [-0.3, -0.25) is 9.59 Å². The van der Waals surface area contributed by atoms with Crippen LogP contribution < -0.4 is 20.1 Å². The SMILES string of the molecule is CCOCCOc1ccc(NC(=O)CCCCCCCCC(=O)Nc2ccc(OCCOCC)cc2)cc1. The number of hydrogen-bond donors (Lipinski definition) is 2. The highest BCUT2D eigenvalue weighted by molar-refractivity contribution is 5.91. The Bertz CT molecular complexity index is 826. The third-order valence-electron chi connectivity index (χ3n) is 5.73. The van der Waals surface area contributed by atoms with Gasteiger partial charge in [0.2, 0.25) is 11.8 Å². The van der Waals surface area contributed by atoms with Crippen molar-refractivity contribution in [2.24, 2.45) is 0 Å². The Morgan fingerprint density at radius 3 is 1.29 bits per heavy atom. The van der Waals surface area contributed by atoms with Crippen LogP contribution in [0.5, 0.6) is 11.5 Å². The molecule has 0 saturated heterocycles. The molecule has 8 heteroatoms. The molecule has 0 aliphatic rings. The van der Waals surface area contributed by atoms with Crippen LogP contribution in [0, 0.1) is 0 Å². The van der Waals surface area contributed by atoms with E-state index in [9.17, 15) is 9.59 Å². The van der Waals surface area contributed by atoms with Crippen molar-refractivity contribution in [3.05, 3.63) is 48.5 Å². The third kappa shape index (κ3) is 14.6. The van der Waals surface area contributed by atoms with Gasteiger partial charge in [0.1, 0.15) is 24.7 Å². The molecule has 210 valence electrons. The van der Waals surface area contributed by atoms with E-state index in [0.717, 1.165) is 61.4 Å². The van der Waals surface area contributed by atoms with Gasteiger partial charge in [-0.05, 0) is 75.2 Å². The van der Waals surface area contributed by atoms with Crippen LogP contribution in [-0.4, -0.2) is 51.5 Å². The monoisotopic (exact) mass is 528 g/mol. The van der Waals surface area contributed by atoms with Gasteiger partial charge in [-0.2, -0.15) is 0 Å². The van der Waals surface area contributed by atoms with Crippen LogP contribution in [0.2, 0.25) is 0 Å². The lowest BCUT2D eigenvalue weighted by atomic mass is 10.1. The maximum absolute atomic E-state index is 12.2. The molecule has 0 spiro atoms. The first-order valence-corrected chi connectivity index (χ1v) is 13.8. The minimum Gasteiger partial charge on any atom is -0.491 e. The van der Waals surface area contributed by atoms with Gasteiger partial charge in [0.25, 0.3) is 0 Å². The van der Waals surface area contributed by atoms with Gasteiger partial charge in [0, 0.05) is 37.4 Å². The molecule has 38 heavy (non-hydrogen) atoms. The van der Waals surface area contributed by atoms with Crippen LogP contribution in [0.3, 0.4) is 0 Å². The number of nitrogens with one attached hydrogen (secondary N) is 2. The number of carbonyl (C=O) groups is 2. The van der Waals surface area contributed by atoms with Gasteiger partial charge in [0.15, 0.2) is 0 Å². The zero-order valence-corrected chi connectivity index (χ0v) is 23.0.